The van der Waals surface area contributed by atoms with E-state index in [9.17, 15) is 4.79 Å². The van der Waals surface area contributed by atoms with Gasteiger partial charge in [0.25, 0.3) is 5.56 Å². The maximum absolute atomic E-state index is 12.1. The second kappa shape index (κ2) is 5.21. The highest BCUT2D eigenvalue weighted by atomic mass is 16.1. The molecule has 0 bridgehead atoms. The minimum atomic E-state index is -0.0235. The van der Waals surface area contributed by atoms with Crippen molar-refractivity contribution < 1.29 is 0 Å². The Bertz CT molecular complexity index is 587. The average molecular weight is 260 g/mol. The van der Waals surface area contributed by atoms with E-state index in [4.69, 9.17) is 0 Å². The van der Waals surface area contributed by atoms with Crippen molar-refractivity contribution >= 4 is 5.82 Å². The molecule has 0 atom stereocenters. The number of aryl methyl sites for hydroxylation is 1. The van der Waals surface area contributed by atoms with Crippen molar-refractivity contribution in [3.05, 3.63) is 34.9 Å². The highest BCUT2D eigenvalue weighted by molar-refractivity contribution is 5.31. The van der Waals surface area contributed by atoms with Gasteiger partial charge in [-0.15, -0.1) is 0 Å². The van der Waals surface area contributed by atoms with Crippen LogP contribution in [0.1, 0.15) is 31.1 Å². The van der Waals surface area contributed by atoms with Crippen LogP contribution in [0.3, 0.4) is 0 Å². The van der Waals surface area contributed by atoms with Gasteiger partial charge in [0, 0.05) is 31.4 Å². The largest absolute Gasteiger partial charge is 0.365 e. The molecule has 19 heavy (non-hydrogen) atoms. The molecule has 0 radical (unpaired) electrons. The second-order valence-electron chi connectivity index (χ2n) is 4.68. The topological polar surface area (TPSA) is 88.5 Å². The maximum atomic E-state index is 12.1. The van der Waals surface area contributed by atoms with Gasteiger partial charge >= 0.3 is 0 Å². The third kappa shape index (κ3) is 2.81. The predicted octanol–water partition coefficient (Wildman–Crippen LogP) is 0.741. The van der Waals surface area contributed by atoms with Gasteiger partial charge in [0.05, 0.1) is 0 Å². The lowest BCUT2D eigenvalue weighted by atomic mass is 10.3. The number of rotatable bonds is 6. The third-order valence-corrected chi connectivity index (χ3v) is 3.16. The highest BCUT2D eigenvalue weighted by Gasteiger charge is 2.25. The molecule has 7 heteroatoms. The molecule has 2 aromatic rings. The molecule has 1 saturated carbocycles. The summed E-state index contributed by atoms with van der Waals surface area (Å²) < 4.78 is 1.77. The van der Waals surface area contributed by atoms with Crippen molar-refractivity contribution in [2.75, 3.05) is 11.9 Å². The molecule has 2 aromatic heterocycles. The van der Waals surface area contributed by atoms with Gasteiger partial charge in [-0.2, -0.15) is 5.10 Å². The molecular weight excluding hydrogens is 244 g/mol. The highest BCUT2D eigenvalue weighted by Crippen LogP contribution is 2.33. The van der Waals surface area contributed by atoms with E-state index in [1.807, 2.05) is 0 Å². The molecule has 1 fully saturated rings. The van der Waals surface area contributed by atoms with Crippen LogP contribution in [0.5, 0.6) is 0 Å². The van der Waals surface area contributed by atoms with Crippen molar-refractivity contribution in [1.82, 2.24) is 24.7 Å². The Morgan fingerprint density at radius 3 is 3.05 bits per heavy atom. The van der Waals surface area contributed by atoms with Crippen molar-refractivity contribution in [1.29, 1.82) is 0 Å². The zero-order chi connectivity index (χ0) is 13.1. The van der Waals surface area contributed by atoms with Gasteiger partial charge in [0.1, 0.15) is 12.2 Å². The molecule has 0 amide bonds. The van der Waals surface area contributed by atoms with Crippen LogP contribution in [0.2, 0.25) is 0 Å². The molecule has 1 aliphatic rings. The van der Waals surface area contributed by atoms with E-state index >= 15 is 0 Å². The van der Waals surface area contributed by atoms with Crippen LogP contribution in [0.25, 0.3) is 0 Å². The summed E-state index contributed by atoms with van der Waals surface area (Å²) in [7, 11) is 0. The van der Waals surface area contributed by atoms with Gasteiger partial charge in [0.15, 0.2) is 5.82 Å². The summed E-state index contributed by atoms with van der Waals surface area (Å²) in [6, 6.07) is 0.380. The van der Waals surface area contributed by atoms with Crippen LogP contribution in [0.15, 0.2) is 23.5 Å². The van der Waals surface area contributed by atoms with Crippen molar-refractivity contribution in [2.45, 2.75) is 31.7 Å². The van der Waals surface area contributed by atoms with Crippen LogP contribution in [-0.4, -0.2) is 31.3 Å². The zero-order valence-electron chi connectivity index (χ0n) is 10.5. The quantitative estimate of drug-likeness (QED) is 0.748. The summed E-state index contributed by atoms with van der Waals surface area (Å²) in [5.74, 6) is 1.30. The summed E-state index contributed by atoms with van der Waals surface area (Å²) in [6.45, 7) is 0.692. The number of aromatic amines is 1. The third-order valence-electron chi connectivity index (χ3n) is 3.16. The molecule has 0 unspecified atom stereocenters. The van der Waals surface area contributed by atoms with Crippen molar-refractivity contribution in [3.63, 3.8) is 0 Å². The van der Waals surface area contributed by atoms with E-state index in [1.54, 1.807) is 17.0 Å². The van der Waals surface area contributed by atoms with E-state index in [2.05, 4.69) is 25.5 Å². The lowest BCUT2D eigenvalue weighted by Gasteiger charge is -2.07. The lowest BCUT2D eigenvalue weighted by molar-refractivity contribution is 0.698. The number of hydrogen-bond donors (Lipinski definition) is 2. The Kier molecular flexibility index (Phi) is 3.26. The van der Waals surface area contributed by atoms with E-state index in [0.717, 1.165) is 31.5 Å². The predicted molar refractivity (Wildman–Crippen MR) is 70.0 cm³/mol. The summed E-state index contributed by atoms with van der Waals surface area (Å²) in [5.41, 5.74) is -0.0235. The van der Waals surface area contributed by atoms with Gasteiger partial charge < -0.3 is 9.88 Å². The molecule has 7 nitrogen and oxygen atoms in total. The van der Waals surface area contributed by atoms with Crippen LogP contribution in [0, 0.1) is 0 Å². The molecule has 2 N–H and O–H groups in total. The first-order valence-corrected chi connectivity index (χ1v) is 6.50. The number of aromatic nitrogens is 5. The van der Waals surface area contributed by atoms with E-state index in [1.165, 1.54) is 6.33 Å². The first kappa shape index (κ1) is 11.9. The monoisotopic (exact) mass is 260 g/mol. The standard InChI is InChI=1S/C12H16N6O/c19-12-11(14-6-7-18(12)9-3-4-9)13-5-1-2-10-15-8-16-17-10/h6-9H,1-5H2,(H,13,14)(H,15,16,17). The number of anilines is 1. The fourth-order valence-electron chi connectivity index (χ4n) is 2.00. The Morgan fingerprint density at radius 2 is 2.32 bits per heavy atom. The Morgan fingerprint density at radius 1 is 1.42 bits per heavy atom. The van der Waals surface area contributed by atoms with Crippen LogP contribution in [0.4, 0.5) is 5.82 Å². The lowest BCUT2D eigenvalue weighted by Crippen LogP contribution is -2.24. The van der Waals surface area contributed by atoms with Crippen LogP contribution in [-0.2, 0) is 6.42 Å². The SMILES string of the molecule is O=c1c(NCCCc2ncn[nH]2)nccn1C1CC1. The molecule has 0 aromatic carbocycles. The minimum absolute atomic E-state index is 0.0235. The summed E-state index contributed by atoms with van der Waals surface area (Å²) in [4.78, 5) is 20.2. The number of nitrogens with one attached hydrogen (secondary N) is 2. The molecule has 0 aliphatic heterocycles. The zero-order valence-corrected chi connectivity index (χ0v) is 10.5. The van der Waals surface area contributed by atoms with Crippen molar-refractivity contribution in [3.8, 4) is 0 Å². The number of nitrogens with zero attached hydrogens (tertiary/aromatic N) is 4. The van der Waals surface area contributed by atoms with E-state index in [0.29, 0.717) is 18.4 Å². The molecule has 0 spiro atoms. The summed E-state index contributed by atoms with van der Waals surface area (Å²) >= 11 is 0. The summed E-state index contributed by atoms with van der Waals surface area (Å²) in [6.07, 6.45) is 8.79. The number of H-pyrrole nitrogens is 1. The Balaban J connectivity index is 1.55. The summed E-state index contributed by atoms with van der Waals surface area (Å²) in [5, 5.41) is 9.69. The molecule has 1 aliphatic carbocycles. The average Bonchev–Trinajstić information content (AvgIpc) is 3.13. The molecular formula is C12H16N6O. The maximum Gasteiger partial charge on any atom is 0.293 e. The van der Waals surface area contributed by atoms with Gasteiger partial charge in [0.2, 0.25) is 0 Å². The molecule has 3 rings (SSSR count). The fraction of sp³-hybridized carbons (Fsp3) is 0.500. The van der Waals surface area contributed by atoms with Gasteiger partial charge in [-0.3, -0.25) is 9.89 Å². The first-order chi connectivity index (χ1) is 9.34. The number of hydrogen-bond acceptors (Lipinski definition) is 5. The van der Waals surface area contributed by atoms with Crippen LogP contribution < -0.4 is 10.9 Å². The molecule has 0 saturated heterocycles. The molecule has 100 valence electrons. The van der Waals surface area contributed by atoms with E-state index < -0.39 is 0 Å². The molecule has 2 heterocycles. The van der Waals surface area contributed by atoms with Gasteiger partial charge in [-0.05, 0) is 19.3 Å². The minimum Gasteiger partial charge on any atom is -0.365 e. The van der Waals surface area contributed by atoms with E-state index in [-0.39, 0.29) is 5.56 Å². The normalized spacial score (nSPS) is 14.5. The first-order valence-electron chi connectivity index (χ1n) is 6.50. The Hall–Kier alpha value is -2.18. The Labute approximate surface area is 110 Å². The van der Waals surface area contributed by atoms with Crippen molar-refractivity contribution in [2.24, 2.45) is 0 Å². The fourth-order valence-corrected chi connectivity index (χ4v) is 2.00. The van der Waals surface area contributed by atoms with Gasteiger partial charge in [-0.1, -0.05) is 0 Å². The van der Waals surface area contributed by atoms with Gasteiger partial charge in [-0.25, -0.2) is 9.97 Å². The second-order valence-corrected chi connectivity index (χ2v) is 4.68. The smallest absolute Gasteiger partial charge is 0.293 e. The van der Waals surface area contributed by atoms with Crippen LogP contribution >= 0.6 is 0 Å².